The lowest BCUT2D eigenvalue weighted by Gasteiger charge is -2.41. The molecule has 0 aromatic rings. The molecule has 8 nitrogen and oxygen atoms in total. The number of imide groups is 1. The zero-order valence-electron chi connectivity index (χ0n) is 16.0. The molecule has 0 aromatic carbocycles. The number of nitrogens with one attached hydrogen (secondary N) is 2. The molecule has 1 atom stereocenters. The highest BCUT2D eigenvalue weighted by atomic mass is 16.5. The molecule has 3 aliphatic rings. The van der Waals surface area contributed by atoms with E-state index in [1.807, 2.05) is 20.8 Å². The Morgan fingerprint density at radius 2 is 2.00 bits per heavy atom. The smallest absolute Gasteiger partial charge is 0.325 e. The third kappa shape index (κ3) is 3.79. The first kappa shape index (κ1) is 18.9. The summed E-state index contributed by atoms with van der Waals surface area (Å²) in [6.45, 7) is 7.76. The number of carbonyl (C=O) groups excluding carboxylic acids is 3. The number of carbonyl (C=O) groups is 3. The summed E-state index contributed by atoms with van der Waals surface area (Å²) in [5.41, 5.74) is -1.01. The van der Waals surface area contributed by atoms with E-state index in [1.165, 1.54) is 4.90 Å². The molecule has 2 aliphatic heterocycles. The van der Waals surface area contributed by atoms with Crippen molar-refractivity contribution in [3.63, 3.8) is 0 Å². The summed E-state index contributed by atoms with van der Waals surface area (Å²) in [4.78, 5) is 40.1. The van der Waals surface area contributed by atoms with Gasteiger partial charge in [0.05, 0.1) is 18.2 Å². The molecule has 146 valence electrons. The number of rotatable bonds is 4. The van der Waals surface area contributed by atoms with Crippen molar-refractivity contribution in [2.24, 2.45) is 0 Å². The van der Waals surface area contributed by atoms with Crippen LogP contribution in [-0.2, 0) is 9.53 Å². The van der Waals surface area contributed by atoms with E-state index in [9.17, 15) is 14.4 Å². The fourth-order valence-electron chi connectivity index (χ4n) is 4.35. The minimum atomic E-state index is -0.657. The first-order valence-corrected chi connectivity index (χ1v) is 9.57. The van der Waals surface area contributed by atoms with Crippen LogP contribution >= 0.6 is 0 Å². The largest absolute Gasteiger partial charge is 0.369 e. The Hall–Kier alpha value is -1.83. The number of hydrogen-bond acceptors (Lipinski definition) is 4. The third-order valence-electron chi connectivity index (χ3n) is 5.39. The SMILES string of the molecule is CC1CN(C(=O)NCCCN2C(=O)NC3(CCCC3)C2=O)CC(C)(C)O1. The van der Waals surface area contributed by atoms with Crippen molar-refractivity contribution in [2.75, 3.05) is 26.2 Å². The summed E-state index contributed by atoms with van der Waals surface area (Å²) in [6, 6.07) is -0.426. The van der Waals surface area contributed by atoms with E-state index in [0.29, 0.717) is 32.6 Å². The minimum Gasteiger partial charge on any atom is -0.369 e. The van der Waals surface area contributed by atoms with Crippen LogP contribution in [0.5, 0.6) is 0 Å². The van der Waals surface area contributed by atoms with E-state index in [1.54, 1.807) is 4.90 Å². The van der Waals surface area contributed by atoms with Gasteiger partial charge in [-0.25, -0.2) is 9.59 Å². The van der Waals surface area contributed by atoms with Gasteiger partial charge in [0.15, 0.2) is 0 Å². The molecule has 1 unspecified atom stereocenters. The van der Waals surface area contributed by atoms with Gasteiger partial charge in [-0.1, -0.05) is 12.8 Å². The van der Waals surface area contributed by atoms with Crippen LogP contribution in [0.1, 0.15) is 52.9 Å². The second kappa shape index (κ2) is 7.06. The van der Waals surface area contributed by atoms with Crippen LogP contribution in [0.4, 0.5) is 9.59 Å². The molecule has 3 rings (SSSR count). The number of urea groups is 2. The van der Waals surface area contributed by atoms with Gasteiger partial charge in [0.25, 0.3) is 5.91 Å². The van der Waals surface area contributed by atoms with Gasteiger partial charge >= 0.3 is 12.1 Å². The fraction of sp³-hybridized carbons (Fsp3) is 0.833. The van der Waals surface area contributed by atoms with E-state index in [2.05, 4.69) is 10.6 Å². The Balaban J connectivity index is 1.43. The van der Waals surface area contributed by atoms with Crippen molar-refractivity contribution in [3.8, 4) is 0 Å². The van der Waals surface area contributed by atoms with Crippen molar-refractivity contribution in [3.05, 3.63) is 0 Å². The van der Waals surface area contributed by atoms with Crippen LogP contribution in [0.15, 0.2) is 0 Å². The van der Waals surface area contributed by atoms with Gasteiger partial charge in [0, 0.05) is 19.6 Å². The van der Waals surface area contributed by atoms with Crippen LogP contribution in [-0.4, -0.2) is 71.2 Å². The molecular weight excluding hydrogens is 336 g/mol. The maximum Gasteiger partial charge on any atom is 0.325 e. The van der Waals surface area contributed by atoms with Crippen LogP contribution in [0.25, 0.3) is 0 Å². The second-order valence-electron chi connectivity index (χ2n) is 8.33. The van der Waals surface area contributed by atoms with Crippen molar-refractivity contribution in [1.82, 2.24) is 20.4 Å². The highest BCUT2D eigenvalue weighted by Gasteiger charge is 2.52. The van der Waals surface area contributed by atoms with Crippen molar-refractivity contribution in [1.29, 1.82) is 0 Å². The number of ether oxygens (including phenoxy) is 1. The van der Waals surface area contributed by atoms with E-state index < -0.39 is 5.54 Å². The van der Waals surface area contributed by atoms with E-state index in [4.69, 9.17) is 4.74 Å². The molecule has 0 bridgehead atoms. The Bertz CT molecular complexity index is 586. The topological polar surface area (TPSA) is 91.0 Å². The number of hydrogen-bond donors (Lipinski definition) is 2. The van der Waals surface area contributed by atoms with Gasteiger partial charge < -0.3 is 20.3 Å². The predicted octanol–water partition coefficient (Wildman–Crippen LogP) is 1.45. The highest BCUT2D eigenvalue weighted by Crippen LogP contribution is 2.35. The average molecular weight is 366 g/mol. The van der Waals surface area contributed by atoms with Crippen LogP contribution in [0.3, 0.4) is 0 Å². The summed E-state index contributed by atoms with van der Waals surface area (Å²) < 4.78 is 5.81. The minimum absolute atomic E-state index is 0.00183. The maximum absolute atomic E-state index is 12.6. The van der Waals surface area contributed by atoms with Crippen molar-refractivity contribution < 1.29 is 19.1 Å². The standard InChI is InChI=1S/C18H30N4O4/c1-13-11-21(12-17(2,3)26-13)15(24)19-9-6-10-22-14(23)18(20-16(22)25)7-4-5-8-18/h13H,4-12H2,1-3H3,(H,19,24)(H,20,25). The molecule has 1 saturated carbocycles. The second-order valence-corrected chi connectivity index (χ2v) is 8.33. The highest BCUT2D eigenvalue weighted by molar-refractivity contribution is 6.07. The van der Waals surface area contributed by atoms with Crippen molar-refractivity contribution >= 4 is 18.0 Å². The van der Waals surface area contributed by atoms with Gasteiger partial charge in [-0.3, -0.25) is 9.69 Å². The lowest BCUT2D eigenvalue weighted by Crippen LogP contribution is -2.56. The monoisotopic (exact) mass is 366 g/mol. The molecule has 8 heteroatoms. The maximum atomic E-state index is 12.6. The van der Waals surface area contributed by atoms with Gasteiger partial charge in [-0.15, -0.1) is 0 Å². The zero-order valence-corrected chi connectivity index (χ0v) is 16.0. The Kier molecular flexibility index (Phi) is 5.14. The van der Waals surface area contributed by atoms with E-state index >= 15 is 0 Å². The van der Waals surface area contributed by atoms with E-state index in [0.717, 1.165) is 25.7 Å². The molecule has 1 aliphatic carbocycles. The van der Waals surface area contributed by atoms with Crippen LogP contribution in [0.2, 0.25) is 0 Å². The summed E-state index contributed by atoms with van der Waals surface area (Å²) in [7, 11) is 0. The first-order chi connectivity index (χ1) is 12.2. The van der Waals surface area contributed by atoms with Gasteiger partial charge in [-0.05, 0) is 40.0 Å². The lowest BCUT2D eigenvalue weighted by atomic mass is 9.98. The molecule has 3 fully saturated rings. The molecule has 2 heterocycles. The lowest BCUT2D eigenvalue weighted by molar-refractivity contribution is -0.131. The molecule has 0 radical (unpaired) electrons. The number of morpholine rings is 1. The number of nitrogens with zero attached hydrogens (tertiary/aromatic N) is 2. The quantitative estimate of drug-likeness (QED) is 0.582. The van der Waals surface area contributed by atoms with Gasteiger partial charge in [0.1, 0.15) is 5.54 Å². The average Bonchev–Trinajstić information content (AvgIpc) is 3.09. The predicted molar refractivity (Wildman–Crippen MR) is 95.7 cm³/mol. The molecule has 5 amide bonds. The van der Waals surface area contributed by atoms with Gasteiger partial charge in [0.2, 0.25) is 0 Å². The molecule has 2 N–H and O–H groups in total. The van der Waals surface area contributed by atoms with Gasteiger partial charge in [-0.2, -0.15) is 0 Å². The molecule has 0 aromatic heterocycles. The molecular formula is C18H30N4O4. The summed E-state index contributed by atoms with van der Waals surface area (Å²) in [5, 5.41) is 5.76. The Labute approximate surface area is 154 Å². The Morgan fingerprint density at radius 3 is 2.65 bits per heavy atom. The van der Waals surface area contributed by atoms with E-state index in [-0.39, 0.29) is 29.7 Å². The normalized spacial score (nSPS) is 27.1. The first-order valence-electron chi connectivity index (χ1n) is 9.57. The summed E-state index contributed by atoms with van der Waals surface area (Å²) in [5.74, 6) is -0.102. The zero-order chi connectivity index (χ0) is 18.9. The number of amides is 5. The molecule has 26 heavy (non-hydrogen) atoms. The Morgan fingerprint density at radius 1 is 1.31 bits per heavy atom. The molecule has 1 spiro atoms. The fourth-order valence-corrected chi connectivity index (χ4v) is 4.35. The summed E-state index contributed by atoms with van der Waals surface area (Å²) >= 11 is 0. The van der Waals surface area contributed by atoms with Crippen LogP contribution in [0, 0.1) is 0 Å². The molecule has 2 saturated heterocycles. The third-order valence-corrected chi connectivity index (χ3v) is 5.39. The summed E-state index contributed by atoms with van der Waals surface area (Å²) in [6.07, 6.45) is 3.96. The van der Waals surface area contributed by atoms with Crippen LogP contribution < -0.4 is 10.6 Å². The van der Waals surface area contributed by atoms with Crippen molar-refractivity contribution in [2.45, 2.75) is 70.1 Å².